The van der Waals surface area contributed by atoms with Gasteiger partial charge in [0.25, 0.3) is 0 Å². The molecule has 0 bridgehead atoms. The van der Waals surface area contributed by atoms with Crippen LogP contribution in [0.15, 0.2) is 42.7 Å². The number of hydrogen-bond acceptors (Lipinski definition) is 4. The second-order valence-electron chi connectivity index (χ2n) is 4.64. The van der Waals surface area contributed by atoms with Gasteiger partial charge in [-0.3, -0.25) is 4.98 Å². The summed E-state index contributed by atoms with van der Waals surface area (Å²) in [5.41, 5.74) is 3.11. The first-order valence-corrected chi connectivity index (χ1v) is 7.14. The Kier molecular flexibility index (Phi) is 5.43. The molecule has 1 aromatic carbocycles. The van der Waals surface area contributed by atoms with Crippen LogP contribution < -0.4 is 10.6 Å². The number of methoxy groups -OCH3 is 1. The Bertz CT molecular complexity index is 674. The maximum Gasteiger partial charge on any atom is 0.338 e. The maximum absolute atomic E-state index is 11.7. The molecule has 0 saturated heterocycles. The van der Waals surface area contributed by atoms with E-state index in [1.165, 1.54) is 7.11 Å². The average molecular weight is 315 g/mol. The molecule has 2 aromatic rings. The largest absolute Gasteiger partial charge is 0.465 e. The molecule has 0 unspecified atom stereocenters. The Morgan fingerprint density at radius 3 is 2.82 bits per heavy atom. The maximum atomic E-state index is 11.7. The lowest BCUT2D eigenvalue weighted by molar-refractivity contribution is 0.0600. The predicted octanol–water partition coefficient (Wildman–Crippen LogP) is 2.66. The van der Waals surface area contributed by atoms with Crippen molar-refractivity contribution in [3.8, 4) is 0 Å². The standard InChI is InChI=1S/C16H17N3O2S/c1-11-13(15(20)21-2)6-3-7-14(11)19-16(22)18-10-12-5-4-8-17-9-12/h3-9H,10H2,1-2H3,(H2,18,19,22). The molecule has 1 aromatic heterocycles. The van der Waals surface area contributed by atoms with Crippen molar-refractivity contribution in [1.82, 2.24) is 10.3 Å². The van der Waals surface area contributed by atoms with E-state index in [9.17, 15) is 4.79 Å². The van der Waals surface area contributed by atoms with Crippen molar-refractivity contribution in [3.63, 3.8) is 0 Å². The second kappa shape index (κ2) is 7.51. The van der Waals surface area contributed by atoms with Crippen LogP contribution in [0, 0.1) is 6.92 Å². The molecule has 5 nitrogen and oxygen atoms in total. The second-order valence-corrected chi connectivity index (χ2v) is 5.05. The van der Waals surface area contributed by atoms with Crippen molar-refractivity contribution in [3.05, 3.63) is 59.4 Å². The predicted molar refractivity (Wildman–Crippen MR) is 89.8 cm³/mol. The molecule has 0 radical (unpaired) electrons. The van der Waals surface area contributed by atoms with Gasteiger partial charge >= 0.3 is 5.97 Å². The summed E-state index contributed by atoms with van der Waals surface area (Å²) in [6.07, 6.45) is 3.50. The van der Waals surface area contributed by atoms with Crippen LogP contribution in [0.5, 0.6) is 0 Å². The number of ether oxygens (including phenoxy) is 1. The number of thiocarbonyl (C=S) groups is 1. The molecular formula is C16H17N3O2S. The van der Waals surface area contributed by atoms with Crippen LogP contribution in [0.25, 0.3) is 0 Å². The van der Waals surface area contributed by atoms with E-state index in [1.807, 2.05) is 25.1 Å². The Morgan fingerprint density at radius 2 is 2.14 bits per heavy atom. The first-order chi connectivity index (χ1) is 10.6. The van der Waals surface area contributed by atoms with E-state index in [2.05, 4.69) is 15.6 Å². The van der Waals surface area contributed by atoms with Gasteiger partial charge in [-0.15, -0.1) is 0 Å². The van der Waals surface area contributed by atoms with Crippen molar-refractivity contribution in [2.24, 2.45) is 0 Å². The Morgan fingerprint density at radius 1 is 1.32 bits per heavy atom. The number of nitrogens with one attached hydrogen (secondary N) is 2. The summed E-state index contributed by atoms with van der Waals surface area (Å²) < 4.78 is 4.76. The lowest BCUT2D eigenvalue weighted by Crippen LogP contribution is -2.28. The fraction of sp³-hybridized carbons (Fsp3) is 0.188. The van der Waals surface area contributed by atoms with Crippen molar-refractivity contribution in [2.75, 3.05) is 12.4 Å². The van der Waals surface area contributed by atoms with Gasteiger partial charge in [0, 0.05) is 24.6 Å². The highest BCUT2D eigenvalue weighted by Crippen LogP contribution is 2.19. The van der Waals surface area contributed by atoms with Crippen LogP contribution in [-0.2, 0) is 11.3 Å². The first kappa shape index (κ1) is 15.9. The van der Waals surface area contributed by atoms with Gasteiger partial charge in [0.05, 0.1) is 12.7 Å². The third-order valence-corrected chi connectivity index (χ3v) is 3.41. The SMILES string of the molecule is COC(=O)c1cccc(NC(=S)NCc2cccnc2)c1C. The van der Waals surface area contributed by atoms with Crippen LogP contribution >= 0.6 is 12.2 Å². The fourth-order valence-electron chi connectivity index (χ4n) is 1.95. The number of aromatic nitrogens is 1. The fourth-order valence-corrected chi connectivity index (χ4v) is 2.14. The van der Waals surface area contributed by atoms with Crippen LogP contribution in [0.3, 0.4) is 0 Å². The molecule has 0 aliphatic heterocycles. The van der Waals surface area contributed by atoms with E-state index in [-0.39, 0.29) is 5.97 Å². The van der Waals surface area contributed by atoms with E-state index < -0.39 is 0 Å². The van der Waals surface area contributed by atoms with Crippen LogP contribution in [-0.4, -0.2) is 23.2 Å². The van der Waals surface area contributed by atoms with Gasteiger partial charge < -0.3 is 15.4 Å². The summed E-state index contributed by atoms with van der Waals surface area (Å²) in [6, 6.07) is 9.20. The summed E-state index contributed by atoms with van der Waals surface area (Å²) in [6.45, 7) is 2.42. The number of pyridine rings is 1. The highest BCUT2D eigenvalue weighted by molar-refractivity contribution is 7.80. The van der Waals surface area contributed by atoms with Gasteiger partial charge in [0.2, 0.25) is 0 Å². The summed E-state index contributed by atoms with van der Waals surface area (Å²) in [4.78, 5) is 15.7. The summed E-state index contributed by atoms with van der Waals surface area (Å²) in [5, 5.41) is 6.67. The number of esters is 1. The average Bonchev–Trinajstić information content (AvgIpc) is 2.55. The molecule has 2 N–H and O–H groups in total. The van der Waals surface area contributed by atoms with Crippen LogP contribution in [0.4, 0.5) is 5.69 Å². The Labute approximate surface area is 134 Å². The summed E-state index contributed by atoms with van der Waals surface area (Å²) in [5.74, 6) is -0.365. The van der Waals surface area contributed by atoms with E-state index in [1.54, 1.807) is 24.5 Å². The third kappa shape index (κ3) is 4.02. The molecule has 2 rings (SSSR count). The number of benzene rings is 1. The first-order valence-electron chi connectivity index (χ1n) is 6.73. The monoisotopic (exact) mass is 315 g/mol. The third-order valence-electron chi connectivity index (χ3n) is 3.16. The summed E-state index contributed by atoms with van der Waals surface area (Å²) in [7, 11) is 1.36. The Balaban J connectivity index is 2.01. The molecule has 6 heteroatoms. The zero-order valence-corrected chi connectivity index (χ0v) is 13.2. The number of carbonyl (C=O) groups is 1. The van der Waals surface area contributed by atoms with Crippen molar-refractivity contribution in [1.29, 1.82) is 0 Å². The molecule has 0 spiro atoms. The molecule has 0 aliphatic carbocycles. The topological polar surface area (TPSA) is 63.2 Å². The molecule has 0 fully saturated rings. The molecule has 114 valence electrons. The summed E-state index contributed by atoms with van der Waals surface area (Å²) >= 11 is 5.27. The van der Waals surface area contributed by atoms with Gasteiger partial charge in [-0.2, -0.15) is 0 Å². The van der Waals surface area contributed by atoms with Crippen molar-refractivity contribution >= 4 is 29.0 Å². The number of anilines is 1. The van der Waals surface area contributed by atoms with Gasteiger partial charge in [0.1, 0.15) is 0 Å². The van der Waals surface area contributed by atoms with Gasteiger partial charge in [0.15, 0.2) is 5.11 Å². The molecule has 0 saturated carbocycles. The van der Waals surface area contributed by atoms with Crippen LogP contribution in [0.1, 0.15) is 21.5 Å². The number of carbonyl (C=O) groups excluding carboxylic acids is 1. The molecular weight excluding hydrogens is 298 g/mol. The van der Waals surface area contributed by atoms with Crippen molar-refractivity contribution in [2.45, 2.75) is 13.5 Å². The minimum Gasteiger partial charge on any atom is -0.465 e. The molecule has 0 aliphatic rings. The van der Waals surface area contributed by atoms with Crippen molar-refractivity contribution < 1.29 is 9.53 Å². The normalized spacial score (nSPS) is 9.91. The number of rotatable bonds is 4. The van der Waals surface area contributed by atoms with E-state index in [4.69, 9.17) is 17.0 Å². The smallest absolute Gasteiger partial charge is 0.338 e. The molecule has 0 amide bonds. The molecule has 0 atom stereocenters. The lowest BCUT2D eigenvalue weighted by Gasteiger charge is -2.14. The Hall–Kier alpha value is -2.47. The highest BCUT2D eigenvalue weighted by atomic mass is 32.1. The molecule has 1 heterocycles. The van der Waals surface area contributed by atoms with E-state index in [0.29, 0.717) is 17.2 Å². The number of nitrogens with zero attached hydrogens (tertiary/aromatic N) is 1. The van der Waals surface area contributed by atoms with Crippen LogP contribution in [0.2, 0.25) is 0 Å². The number of hydrogen-bond donors (Lipinski definition) is 2. The highest BCUT2D eigenvalue weighted by Gasteiger charge is 2.12. The van der Waals surface area contributed by atoms with Gasteiger partial charge in [-0.05, 0) is 48.5 Å². The van der Waals surface area contributed by atoms with E-state index >= 15 is 0 Å². The van der Waals surface area contributed by atoms with Gasteiger partial charge in [-0.25, -0.2) is 4.79 Å². The lowest BCUT2D eigenvalue weighted by atomic mass is 10.1. The van der Waals surface area contributed by atoms with Gasteiger partial charge in [-0.1, -0.05) is 12.1 Å². The zero-order valence-electron chi connectivity index (χ0n) is 12.4. The minimum atomic E-state index is -0.365. The quantitative estimate of drug-likeness (QED) is 0.668. The zero-order chi connectivity index (χ0) is 15.9. The molecule has 22 heavy (non-hydrogen) atoms. The van der Waals surface area contributed by atoms with E-state index in [0.717, 1.165) is 16.8 Å². The minimum absolute atomic E-state index is 0.365.